The van der Waals surface area contributed by atoms with Gasteiger partial charge in [-0.25, -0.2) is 0 Å². The van der Waals surface area contributed by atoms with Crippen LogP contribution >= 0.6 is 0 Å². The summed E-state index contributed by atoms with van der Waals surface area (Å²) in [5.74, 6) is 0. The molecule has 2 aromatic rings. The van der Waals surface area contributed by atoms with Gasteiger partial charge in [-0.15, -0.1) is 0 Å². The Kier molecular flexibility index (Phi) is 3.42. The summed E-state index contributed by atoms with van der Waals surface area (Å²) in [5, 5.41) is 27.7. The van der Waals surface area contributed by atoms with Crippen LogP contribution in [0.4, 0.5) is 0 Å². The van der Waals surface area contributed by atoms with Crippen LogP contribution in [0.5, 0.6) is 0 Å². The van der Waals surface area contributed by atoms with Crippen molar-refractivity contribution in [2.45, 2.75) is 25.6 Å². The van der Waals surface area contributed by atoms with Crippen molar-refractivity contribution >= 4 is 10.9 Å². The molecule has 0 aliphatic carbocycles. The smallest absolute Gasteiger partial charge is 0.105 e. The second-order valence-corrected chi connectivity index (χ2v) is 4.21. The number of H-pyrrole nitrogens is 1. The van der Waals surface area contributed by atoms with Gasteiger partial charge in [-0.05, 0) is 31.5 Å². The lowest BCUT2D eigenvalue weighted by molar-refractivity contribution is 0.0151. The fourth-order valence-corrected chi connectivity index (χ4v) is 1.90. The molecule has 1 heterocycles. The molecule has 0 saturated carbocycles. The molecule has 2 unspecified atom stereocenters. The third-order valence-electron chi connectivity index (χ3n) is 2.94. The second-order valence-electron chi connectivity index (χ2n) is 4.21. The van der Waals surface area contributed by atoms with Gasteiger partial charge in [0.05, 0.1) is 11.6 Å². The molecule has 0 aliphatic rings. The molecule has 0 bridgehead atoms. The maximum atomic E-state index is 9.94. The van der Waals surface area contributed by atoms with Crippen LogP contribution in [-0.2, 0) is 0 Å². The summed E-state index contributed by atoms with van der Waals surface area (Å²) in [6.45, 7) is 2.29. The Balaban J connectivity index is 2.29. The number of aromatic nitrogens is 2. The molecule has 92 valence electrons. The molecule has 0 spiro atoms. The van der Waals surface area contributed by atoms with Crippen molar-refractivity contribution in [3.8, 4) is 0 Å². The first-order valence-electron chi connectivity index (χ1n) is 5.64. The highest BCUT2D eigenvalue weighted by molar-refractivity contribution is 5.81. The molecule has 5 nitrogen and oxygen atoms in total. The molecule has 0 fully saturated rings. The van der Waals surface area contributed by atoms with E-state index in [1.807, 2.05) is 13.0 Å². The van der Waals surface area contributed by atoms with Crippen molar-refractivity contribution in [1.29, 1.82) is 0 Å². The summed E-state index contributed by atoms with van der Waals surface area (Å²) < 4.78 is 0. The van der Waals surface area contributed by atoms with Gasteiger partial charge >= 0.3 is 0 Å². The highest BCUT2D eigenvalue weighted by Crippen LogP contribution is 2.23. The zero-order chi connectivity index (χ0) is 12.4. The topological polar surface area (TPSA) is 95.2 Å². The fraction of sp³-hybridized carbons (Fsp3) is 0.417. The highest BCUT2D eigenvalue weighted by Gasteiger charge is 2.18. The van der Waals surface area contributed by atoms with Crippen molar-refractivity contribution in [3.63, 3.8) is 0 Å². The number of nitrogens with one attached hydrogen (secondary N) is 1. The Labute approximate surface area is 99.3 Å². The molecular weight excluding hydrogens is 218 g/mol. The van der Waals surface area contributed by atoms with E-state index in [-0.39, 0.29) is 0 Å². The lowest BCUT2D eigenvalue weighted by Crippen LogP contribution is -2.21. The molecule has 17 heavy (non-hydrogen) atoms. The zero-order valence-electron chi connectivity index (χ0n) is 9.72. The van der Waals surface area contributed by atoms with E-state index in [9.17, 15) is 10.2 Å². The summed E-state index contributed by atoms with van der Waals surface area (Å²) in [7, 11) is 0. The molecule has 0 aliphatic heterocycles. The van der Waals surface area contributed by atoms with Crippen LogP contribution in [0.2, 0.25) is 0 Å². The number of nitrogens with zero attached hydrogens (tertiary/aromatic N) is 1. The van der Waals surface area contributed by atoms with E-state index in [0.29, 0.717) is 18.5 Å². The first-order chi connectivity index (χ1) is 8.13. The van der Waals surface area contributed by atoms with Gasteiger partial charge < -0.3 is 15.9 Å². The SMILES string of the molecule is Cc1[nH]nc2cc(C(O)C(O)CCN)ccc12. The molecule has 2 atom stereocenters. The predicted octanol–water partition coefficient (Wildman–Crippen LogP) is 0.614. The van der Waals surface area contributed by atoms with Crippen LogP contribution in [0.15, 0.2) is 18.2 Å². The summed E-state index contributed by atoms with van der Waals surface area (Å²) in [5.41, 5.74) is 7.79. The Morgan fingerprint density at radius 1 is 1.41 bits per heavy atom. The molecule has 0 radical (unpaired) electrons. The first-order valence-corrected chi connectivity index (χ1v) is 5.64. The minimum absolute atomic E-state index is 0.349. The van der Waals surface area contributed by atoms with E-state index < -0.39 is 12.2 Å². The number of aryl methyl sites for hydroxylation is 1. The third-order valence-corrected chi connectivity index (χ3v) is 2.94. The monoisotopic (exact) mass is 235 g/mol. The maximum absolute atomic E-state index is 9.94. The normalized spacial score (nSPS) is 15.1. The molecule has 0 saturated heterocycles. The number of nitrogens with two attached hydrogens (primary N) is 1. The molecule has 5 N–H and O–H groups in total. The Morgan fingerprint density at radius 2 is 2.18 bits per heavy atom. The fourth-order valence-electron chi connectivity index (χ4n) is 1.90. The number of hydrogen-bond acceptors (Lipinski definition) is 4. The largest absolute Gasteiger partial charge is 0.390 e. The van der Waals surface area contributed by atoms with E-state index in [1.54, 1.807) is 12.1 Å². The number of aromatic amines is 1. The summed E-state index contributed by atoms with van der Waals surface area (Å²) in [4.78, 5) is 0. The Hall–Kier alpha value is -1.43. The molecule has 1 aromatic heterocycles. The standard InChI is InChI=1S/C12H17N3O2/c1-7-9-3-2-8(6-10(9)15-14-7)12(17)11(16)4-5-13/h2-3,6,11-12,16-17H,4-5,13H2,1H3,(H,14,15). The van der Waals surface area contributed by atoms with E-state index in [0.717, 1.165) is 16.6 Å². The van der Waals surface area contributed by atoms with Gasteiger partial charge in [0.25, 0.3) is 0 Å². The van der Waals surface area contributed by atoms with Crippen molar-refractivity contribution < 1.29 is 10.2 Å². The van der Waals surface area contributed by atoms with Gasteiger partial charge in [-0.1, -0.05) is 12.1 Å². The lowest BCUT2D eigenvalue weighted by Gasteiger charge is -2.17. The number of aliphatic hydroxyl groups excluding tert-OH is 2. The van der Waals surface area contributed by atoms with Gasteiger partial charge in [0.15, 0.2) is 0 Å². The van der Waals surface area contributed by atoms with Gasteiger partial charge in [-0.3, -0.25) is 5.10 Å². The van der Waals surface area contributed by atoms with E-state index in [1.165, 1.54) is 0 Å². The summed E-state index contributed by atoms with van der Waals surface area (Å²) in [6.07, 6.45) is -1.38. The van der Waals surface area contributed by atoms with Crippen molar-refractivity contribution in [3.05, 3.63) is 29.5 Å². The minimum Gasteiger partial charge on any atom is -0.390 e. The van der Waals surface area contributed by atoms with E-state index in [2.05, 4.69) is 10.2 Å². The van der Waals surface area contributed by atoms with Crippen molar-refractivity contribution in [1.82, 2.24) is 10.2 Å². The summed E-state index contributed by atoms with van der Waals surface area (Å²) >= 11 is 0. The zero-order valence-corrected chi connectivity index (χ0v) is 9.72. The van der Waals surface area contributed by atoms with E-state index in [4.69, 9.17) is 5.73 Å². The highest BCUT2D eigenvalue weighted by atomic mass is 16.3. The molecular formula is C12H17N3O2. The number of rotatable bonds is 4. The van der Waals surface area contributed by atoms with Crippen LogP contribution in [-0.4, -0.2) is 33.1 Å². The number of hydrogen-bond donors (Lipinski definition) is 4. The van der Waals surface area contributed by atoms with Gasteiger partial charge in [0.2, 0.25) is 0 Å². The predicted molar refractivity (Wildman–Crippen MR) is 65.5 cm³/mol. The second kappa shape index (κ2) is 4.83. The molecule has 1 aromatic carbocycles. The van der Waals surface area contributed by atoms with Crippen LogP contribution in [0.3, 0.4) is 0 Å². The number of aliphatic hydroxyl groups is 2. The van der Waals surface area contributed by atoms with Gasteiger partial charge in [0.1, 0.15) is 6.10 Å². The minimum atomic E-state index is -0.917. The average molecular weight is 235 g/mol. The molecule has 5 heteroatoms. The lowest BCUT2D eigenvalue weighted by atomic mass is 10.0. The maximum Gasteiger partial charge on any atom is 0.105 e. The third kappa shape index (κ3) is 2.31. The average Bonchev–Trinajstić information content (AvgIpc) is 2.70. The Morgan fingerprint density at radius 3 is 2.88 bits per heavy atom. The summed E-state index contributed by atoms with van der Waals surface area (Å²) in [6, 6.07) is 5.47. The molecule has 0 amide bonds. The number of fused-ring (bicyclic) bond motifs is 1. The quantitative estimate of drug-likeness (QED) is 0.624. The van der Waals surface area contributed by atoms with Crippen LogP contribution < -0.4 is 5.73 Å². The Bertz CT molecular complexity index is 509. The number of benzene rings is 1. The van der Waals surface area contributed by atoms with Gasteiger partial charge in [-0.2, -0.15) is 5.10 Å². The van der Waals surface area contributed by atoms with Crippen LogP contribution in [0.1, 0.15) is 23.8 Å². The van der Waals surface area contributed by atoms with E-state index >= 15 is 0 Å². The van der Waals surface area contributed by atoms with Crippen molar-refractivity contribution in [2.24, 2.45) is 5.73 Å². The first kappa shape index (κ1) is 12.0. The van der Waals surface area contributed by atoms with Gasteiger partial charge in [0, 0.05) is 11.1 Å². The van der Waals surface area contributed by atoms with Crippen LogP contribution in [0, 0.1) is 6.92 Å². The molecule has 2 rings (SSSR count). The van der Waals surface area contributed by atoms with Crippen molar-refractivity contribution in [2.75, 3.05) is 6.54 Å². The van der Waals surface area contributed by atoms with Crippen LogP contribution in [0.25, 0.3) is 10.9 Å².